The van der Waals surface area contributed by atoms with Crippen molar-refractivity contribution < 1.29 is 9.53 Å². The summed E-state index contributed by atoms with van der Waals surface area (Å²) in [7, 11) is 0. The number of benzene rings is 1. The quantitative estimate of drug-likeness (QED) is 0.840. The van der Waals surface area contributed by atoms with Gasteiger partial charge in [-0.3, -0.25) is 9.69 Å². The smallest absolute Gasteiger partial charge is 0.220 e. The molecule has 1 fully saturated rings. The second kappa shape index (κ2) is 8.97. The Morgan fingerprint density at radius 1 is 1.17 bits per heavy atom. The number of amides is 1. The molecule has 1 aromatic carbocycles. The first kappa shape index (κ1) is 17.1. The second-order valence-corrected chi connectivity index (χ2v) is 7.06. The molecule has 1 unspecified atom stereocenters. The summed E-state index contributed by atoms with van der Waals surface area (Å²) in [5.41, 5.74) is 1.16. The molecule has 4 nitrogen and oxygen atoms in total. The van der Waals surface area contributed by atoms with Crippen LogP contribution in [0.4, 0.5) is 0 Å². The normalized spacial score (nSPS) is 16.7. The van der Waals surface area contributed by atoms with Crippen LogP contribution < -0.4 is 5.32 Å². The van der Waals surface area contributed by atoms with E-state index in [0.29, 0.717) is 6.42 Å². The SMILES string of the molecule is O=C(CCc1cccs1)NC(CN1CCOCC1)c1ccccc1. The minimum Gasteiger partial charge on any atom is -0.379 e. The van der Waals surface area contributed by atoms with Crippen LogP contribution in [0.15, 0.2) is 47.8 Å². The van der Waals surface area contributed by atoms with E-state index >= 15 is 0 Å². The lowest BCUT2D eigenvalue weighted by molar-refractivity contribution is -0.122. The highest BCUT2D eigenvalue weighted by molar-refractivity contribution is 7.09. The number of morpholine rings is 1. The number of hydrogen-bond acceptors (Lipinski definition) is 4. The summed E-state index contributed by atoms with van der Waals surface area (Å²) in [4.78, 5) is 16.0. The lowest BCUT2D eigenvalue weighted by atomic mass is 10.1. The van der Waals surface area contributed by atoms with E-state index in [0.717, 1.165) is 44.8 Å². The average molecular weight is 344 g/mol. The Labute approximate surface area is 147 Å². The number of thiophene rings is 1. The van der Waals surface area contributed by atoms with E-state index in [4.69, 9.17) is 4.74 Å². The lowest BCUT2D eigenvalue weighted by Crippen LogP contribution is -2.43. The number of aryl methyl sites for hydroxylation is 1. The maximum Gasteiger partial charge on any atom is 0.220 e. The Bertz CT molecular complexity index is 610. The Balaban J connectivity index is 1.59. The third-order valence-corrected chi connectivity index (χ3v) is 5.20. The van der Waals surface area contributed by atoms with E-state index in [1.54, 1.807) is 11.3 Å². The third kappa shape index (κ3) is 5.16. The fourth-order valence-electron chi connectivity index (χ4n) is 2.92. The summed E-state index contributed by atoms with van der Waals surface area (Å²) in [5.74, 6) is 0.116. The van der Waals surface area contributed by atoms with Crippen LogP contribution in [0.25, 0.3) is 0 Å². The van der Waals surface area contributed by atoms with E-state index in [9.17, 15) is 4.79 Å². The van der Waals surface area contributed by atoms with Crippen molar-refractivity contribution in [2.75, 3.05) is 32.8 Å². The highest BCUT2D eigenvalue weighted by Gasteiger charge is 2.20. The standard InChI is InChI=1S/C19H24N2O2S/c22-19(9-8-17-7-4-14-24-17)20-18(16-5-2-1-3-6-16)15-21-10-12-23-13-11-21/h1-7,14,18H,8-13,15H2,(H,20,22). The molecule has 5 heteroatoms. The number of nitrogens with zero attached hydrogens (tertiary/aromatic N) is 1. The summed E-state index contributed by atoms with van der Waals surface area (Å²) >= 11 is 1.71. The Hall–Kier alpha value is -1.69. The number of rotatable bonds is 7. The van der Waals surface area contributed by atoms with Crippen LogP contribution in [-0.4, -0.2) is 43.7 Å². The van der Waals surface area contributed by atoms with E-state index in [2.05, 4.69) is 33.8 Å². The molecule has 1 N–H and O–H groups in total. The summed E-state index contributed by atoms with van der Waals surface area (Å²) in [6.07, 6.45) is 1.34. The fourth-order valence-corrected chi connectivity index (χ4v) is 3.63. The zero-order valence-corrected chi connectivity index (χ0v) is 14.6. The second-order valence-electron chi connectivity index (χ2n) is 6.02. The molecule has 0 radical (unpaired) electrons. The average Bonchev–Trinajstić information content (AvgIpc) is 3.15. The van der Waals surface area contributed by atoms with Crippen molar-refractivity contribution in [2.45, 2.75) is 18.9 Å². The van der Waals surface area contributed by atoms with Gasteiger partial charge in [0.05, 0.1) is 19.3 Å². The molecule has 0 aliphatic carbocycles. The Kier molecular flexibility index (Phi) is 6.41. The van der Waals surface area contributed by atoms with Gasteiger partial charge in [-0.25, -0.2) is 0 Å². The molecule has 1 aromatic heterocycles. The van der Waals surface area contributed by atoms with Crippen LogP contribution in [0.1, 0.15) is 22.9 Å². The Morgan fingerprint density at radius 3 is 2.67 bits per heavy atom. The van der Waals surface area contributed by atoms with Crippen molar-refractivity contribution in [1.29, 1.82) is 0 Å². The fraction of sp³-hybridized carbons (Fsp3) is 0.421. The molecule has 0 saturated carbocycles. The first-order valence-electron chi connectivity index (χ1n) is 8.48. The molecule has 24 heavy (non-hydrogen) atoms. The van der Waals surface area contributed by atoms with Gasteiger partial charge >= 0.3 is 0 Å². The summed E-state index contributed by atoms with van der Waals surface area (Å²) in [6.45, 7) is 4.22. The molecule has 1 aliphatic heterocycles. The molecular weight excluding hydrogens is 320 g/mol. The molecule has 1 amide bonds. The molecule has 128 valence electrons. The van der Waals surface area contributed by atoms with Crippen molar-refractivity contribution in [2.24, 2.45) is 0 Å². The van der Waals surface area contributed by atoms with E-state index < -0.39 is 0 Å². The van der Waals surface area contributed by atoms with E-state index in [1.807, 2.05) is 24.3 Å². The van der Waals surface area contributed by atoms with Crippen LogP contribution in [0.2, 0.25) is 0 Å². The molecule has 1 aliphatic rings. The van der Waals surface area contributed by atoms with Crippen LogP contribution in [0.3, 0.4) is 0 Å². The molecular formula is C19H24N2O2S. The van der Waals surface area contributed by atoms with Gasteiger partial charge in [0.15, 0.2) is 0 Å². The van der Waals surface area contributed by atoms with Crippen LogP contribution in [-0.2, 0) is 16.0 Å². The summed E-state index contributed by atoms with van der Waals surface area (Å²) < 4.78 is 5.42. The van der Waals surface area contributed by atoms with Crippen molar-refractivity contribution in [1.82, 2.24) is 10.2 Å². The number of hydrogen-bond donors (Lipinski definition) is 1. The van der Waals surface area contributed by atoms with Gasteiger partial charge in [-0.15, -0.1) is 11.3 Å². The molecule has 1 atom stereocenters. The van der Waals surface area contributed by atoms with Crippen LogP contribution in [0.5, 0.6) is 0 Å². The number of carbonyl (C=O) groups excluding carboxylic acids is 1. The summed E-state index contributed by atoms with van der Waals surface area (Å²) in [5, 5.41) is 5.28. The molecule has 2 aromatic rings. The molecule has 2 heterocycles. The van der Waals surface area contributed by atoms with Gasteiger partial charge in [-0.2, -0.15) is 0 Å². The van der Waals surface area contributed by atoms with E-state index in [1.165, 1.54) is 4.88 Å². The van der Waals surface area contributed by atoms with Crippen molar-refractivity contribution in [3.8, 4) is 0 Å². The Morgan fingerprint density at radius 2 is 1.96 bits per heavy atom. The zero-order valence-electron chi connectivity index (χ0n) is 13.8. The molecule has 0 spiro atoms. The van der Waals surface area contributed by atoms with Gasteiger partial charge in [-0.1, -0.05) is 36.4 Å². The maximum absolute atomic E-state index is 12.4. The number of carbonyl (C=O) groups is 1. The minimum absolute atomic E-state index is 0.0279. The van der Waals surface area contributed by atoms with Gasteiger partial charge in [0.25, 0.3) is 0 Å². The van der Waals surface area contributed by atoms with Crippen molar-refractivity contribution >= 4 is 17.2 Å². The predicted octanol–water partition coefficient (Wildman–Crippen LogP) is 2.87. The van der Waals surface area contributed by atoms with Gasteiger partial charge in [-0.05, 0) is 23.4 Å². The van der Waals surface area contributed by atoms with Gasteiger partial charge in [0, 0.05) is 30.9 Å². The molecule has 3 rings (SSSR count). The molecule has 0 bridgehead atoms. The highest BCUT2D eigenvalue weighted by Crippen LogP contribution is 2.16. The topological polar surface area (TPSA) is 41.6 Å². The summed E-state index contributed by atoms with van der Waals surface area (Å²) in [6, 6.07) is 14.4. The van der Waals surface area contributed by atoms with Crippen molar-refractivity contribution in [3.05, 3.63) is 58.3 Å². The van der Waals surface area contributed by atoms with E-state index in [-0.39, 0.29) is 11.9 Å². The minimum atomic E-state index is 0.0279. The highest BCUT2D eigenvalue weighted by atomic mass is 32.1. The lowest BCUT2D eigenvalue weighted by Gasteiger charge is -2.31. The van der Waals surface area contributed by atoms with Crippen LogP contribution >= 0.6 is 11.3 Å². The zero-order chi connectivity index (χ0) is 16.6. The van der Waals surface area contributed by atoms with Gasteiger partial charge in [0.1, 0.15) is 0 Å². The first-order chi connectivity index (χ1) is 11.8. The monoisotopic (exact) mass is 344 g/mol. The van der Waals surface area contributed by atoms with Crippen LogP contribution in [0, 0.1) is 0 Å². The number of nitrogens with one attached hydrogen (secondary N) is 1. The first-order valence-corrected chi connectivity index (χ1v) is 9.36. The predicted molar refractivity (Wildman–Crippen MR) is 97.2 cm³/mol. The third-order valence-electron chi connectivity index (χ3n) is 4.26. The maximum atomic E-state index is 12.4. The largest absolute Gasteiger partial charge is 0.379 e. The van der Waals surface area contributed by atoms with Crippen molar-refractivity contribution in [3.63, 3.8) is 0 Å². The molecule has 1 saturated heterocycles. The number of ether oxygens (including phenoxy) is 1. The van der Waals surface area contributed by atoms with Gasteiger partial charge < -0.3 is 10.1 Å². The van der Waals surface area contributed by atoms with Gasteiger partial charge in [0.2, 0.25) is 5.91 Å².